The molecule has 0 unspecified atom stereocenters. The lowest BCUT2D eigenvalue weighted by atomic mass is 10.3. The Morgan fingerprint density at radius 1 is 1.56 bits per heavy atom. The zero-order valence-electron chi connectivity index (χ0n) is 9.84. The number of rotatable bonds is 4. The van der Waals surface area contributed by atoms with Gasteiger partial charge in [-0.3, -0.25) is 4.79 Å². The molecule has 1 aromatic heterocycles. The minimum absolute atomic E-state index is 0.0847. The second kappa shape index (κ2) is 5.88. The molecule has 2 rings (SSSR count). The molecule has 0 aliphatic rings. The first-order valence-electron chi connectivity index (χ1n) is 5.31. The van der Waals surface area contributed by atoms with Gasteiger partial charge >= 0.3 is 0 Å². The average Bonchev–Trinajstić information content (AvgIpc) is 2.74. The number of anilines is 2. The number of nitrogen functional groups attached to an aromatic ring is 1. The molecule has 4 nitrogen and oxygen atoms in total. The second-order valence-electron chi connectivity index (χ2n) is 3.63. The first-order valence-corrected chi connectivity index (χ1v) is 7.41. The van der Waals surface area contributed by atoms with E-state index in [4.69, 9.17) is 5.73 Å². The van der Waals surface area contributed by atoms with Gasteiger partial charge in [0.25, 0.3) is 0 Å². The van der Waals surface area contributed by atoms with Crippen LogP contribution in [0, 0.1) is 0 Å². The van der Waals surface area contributed by atoms with E-state index in [-0.39, 0.29) is 12.3 Å². The summed E-state index contributed by atoms with van der Waals surface area (Å²) in [7, 11) is 0. The van der Waals surface area contributed by atoms with Gasteiger partial charge in [0.2, 0.25) is 5.91 Å². The van der Waals surface area contributed by atoms with E-state index in [1.54, 1.807) is 17.1 Å². The number of hydrogen-bond acceptors (Lipinski definition) is 5. The maximum absolute atomic E-state index is 11.8. The third-order valence-electron chi connectivity index (χ3n) is 2.26. The Bertz CT molecular complexity index is 554. The number of hydrogen-bond donors (Lipinski definition) is 2. The van der Waals surface area contributed by atoms with E-state index in [1.807, 2.05) is 30.5 Å². The largest absolute Gasteiger partial charge is 0.375 e. The number of nitrogens with one attached hydrogen (secondary N) is 1. The molecule has 1 aromatic carbocycles. The lowest BCUT2D eigenvalue weighted by Gasteiger charge is -2.05. The molecule has 0 atom stereocenters. The van der Waals surface area contributed by atoms with Crippen LogP contribution in [-0.2, 0) is 11.2 Å². The molecule has 6 heteroatoms. The van der Waals surface area contributed by atoms with E-state index in [0.717, 1.165) is 10.6 Å². The van der Waals surface area contributed by atoms with Crippen LogP contribution in [0.2, 0.25) is 0 Å². The fourth-order valence-electron chi connectivity index (χ4n) is 1.47. The Balaban J connectivity index is 1.98. The van der Waals surface area contributed by atoms with Crippen LogP contribution in [0.3, 0.4) is 0 Å². The molecule has 3 N–H and O–H groups in total. The highest BCUT2D eigenvalue weighted by Gasteiger charge is 2.07. The van der Waals surface area contributed by atoms with E-state index in [9.17, 15) is 4.79 Å². The number of nitrogens with two attached hydrogens (primary N) is 1. The molecule has 0 radical (unpaired) electrons. The Hall–Kier alpha value is -1.53. The highest BCUT2D eigenvalue weighted by atomic mass is 32.2. The Morgan fingerprint density at radius 2 is 2.39 bits per heavy atom. The van der Waals surface area contributed by atoms with Crippen molar-refractivity contribution in [1.82, 2.24) is 4.98 Å². The van der Waals surface area contributed by atoms with Crippen molar-refractivity contribution in [3.63, 3.8) is 0 Å². The minimum Gasteiger partial charge on any atom is -0.375 e. The summed E-state index contributed by atoms with van der Waals surface area (Å²) in [6.45, 7) is 0. The van der Waals surface area contributed by atoms with Gasteiger partial charge in [-0.2, -0.15) is 0 Å². The van der Waals surface area contributed by atoms with Crippen LogP contribution in [0.15, 0.2) is 34.5 Å². The third-order valence-corrected chi connectivity index (χ3v) is 3.71. The standard InChI is InChI=1S/C12H13N3OS2/c1-17-10-4-2-3-8(5-10)14-11(16)6-9-7-18-12(13)15-9/h2-5,7H,6H2,1H3,(H2,13,15)(H,14,16). The monoisotopic (exact) mass is 279 g/mol. The molecule has 0 saturated heterocycles. The number of benzene rings is 1. The Labute approximate surface area is 114 Å². The Kier molecular flexibility index (Phi) is 4.22. The van der Waals surface area contributed by atoms with E-state index in [1.165, 1.54) is 11.3 Å². The smallest absolute Gasteiger partial charge is 0.230 e. The quantitative estimate of drug-likeness (QED) is 0.844. The molecule has 0 aliphatic heterocycles. The summed E-state index contributed by atoms with van der Waals surface area (Å²) < 4.78 is 0. The van der Waals surface area contributed by atoms with E-state index in [2.05, 4.69) is 10.3 Å². The first-order chi connectivity index (χ1) is 8.67. The van der Waals surface area contributed by atoms with Crippen LogP contribution in [0.4, 0.5) is 10.8 Å². The van der Waals surface area contributed by atoms with Gasteiger partial charge in [0.15, 0.2) is 5.13 Å². The molecule has 1 amide bonds. The highest BCUT2D eigenvalue weighted by Crippen LogP contribution is 2.19. The zero-order chi connectivity index (χ0) is 13.0. The number of nitrogens with zero attached hydrogens (tertiary/aromatic N) is 1. The molecule has 0 spiro atoms. The highest BCUT2D eigenvalue weighted by molar-refractivity contribution is 7.98. The summed E-state index contributed by atoms with van der Waals surface area (Å²) in [5.41, 5.74) is 7.02. The average molecular weight is 279 g/mol. The summed E-state index contributed by atoms with van der Waals surface area (Å²) in [5.74, 6) is -0.0847. The molecule has 18 heavy (non-hydrogen) atoms. The number of thioether (sulfide) groups is 1. The van der Waals surface area contributed by atoms with Crippen LogP contribution in [0.1, 0.15) is 5.69 Å². The van der Waals surface area contributed by atoms with Gasteiger partial charge in [-0.1, -0.05) is 6.07 Å². The SMILES string of the molecule is CSc1cccc(NC(=O)Cc2csc(N)n2)c1. The van der Waals surface area contributed by atoms with Crippen molar-refractivity contribution in [2.24, 2.45) is 0 Å². The summed E-state index contributed by atoms with van der Waals surface area (Å²) in [6, 6.07) is 7.73. The minimum atomic E-state index is -0.0847. The van der Waals surface area contributed by atoms with Crippen LogP contribution < -0.4 is 11.1 Å². The third kappa shape index (κ3) is 3.48. The second-order valence-corrected chi connectivity index (χ2v) is 5.40. The van der Waals surface area contributed by atoms with Crippen molar-refractivity contribution in [3.8, 4) is 0 Å². The van der Waals surface area contributed by atoms with Crippen molar-refractivity contribution in [1.29, 1.82) is 0 Å². The summed E-state index contributed by atoms with van der Waals surface area (Å²) in [5, 5.41) is 5.13. The molecular formula is C12H13N3OS2. The van der Waals surface area contributed by atoms with Gasteiger partial charge in [0, 0.05) is 16.0 Å². The van der Waals surface area contributed by atoms with E-state index in [0.29, 0.717) is 10.8 Å². The van der Waals surface area contributed by atoms with Crippen LogP contribution in [-0.4, -0.2) is 17.1 Å². The van der Waals surface area contributed by atoms with Crippen molar-refractivity contribution in [2.45, 2.75) is 11.3 Å². The molecule has 94 valence electrons. The lowest BCUT2D eigenvalue weighted by molar-refractivity contribution is -0.115. The van der Waals surface area contributed by atoms with Crippen molar-refractivity contribution in [2.75, 3.05) is 17.3 Å². The van der Waals surface area contributed by atoms with Crippen molar-refractivity contribution >= 4 is 39.8 Å². The molecule has 0 saturated carbocycles. The van der Waals surface area contributed by atoms with Crippen LogP contribution in [0.5, 0.6) is 0 Å². The summed E-state index contributed by atoms with van der Waals surface area (Å²) in [6.07, 6.45) is 2.25. The van der Waals surface area contributed by atoms with E-state index < -0.39 is 0 Å². The fraction of sp³-hybridized carbons (Fsp3) is 0.167. The number of carbonyl (C=O) groups is 1. The van der Waals surface area contributed by atoms with Crippen LogP contribution in [0.25, 0.3) is 0 Å². The van der Waals surface area contributed by atoms with Gasteiger partial charge in [0.1, 0.15) is 0 Å². The van der Waals surface area contributed by atoms with Gasteiger partial charge in [-0.05, 0) is 24.5 Å². The lowest BCUT2D eigenvalue weighted by Crippen LogP contribution is -2.14. The summed E-state index contributed by atoms with van der Waals surface area (Å²) in [4.78, 5) is 17.0. The molecule has 2 aromatic rings. The fourth-order valence-corrected chi connectivity index (χ4v) is 2.50. The zero-order valence-corrected chi connectivity index (χ0v) is 11.5. The first kappa shape index (κ1) is 12.9. The van der Waals surface area contributed by atoms with Crippen molar-refractivity contribution < 1.29 is 4.79 Å². The normalized spacial score (nSPS) is 10.3. The van der Waals surface area contributed by atoms with Crippen molar-refractivity contribution in [3.05, 3.63) is 35.3 Å². The van der Waals surface area contributed by atoms with E-state index >= 15 is 0 Å². The number of aromatic nitrogens is 1. The van der Waals surface area contributed by atoms with Gasteiger partial charge in [0.05, 0.1) is 12.1 Å². The van der Waals surface area contributed by atoms with Gasteiger partial charge in [-0.15, -0.1) is 23.1 Å². The number of amides is 1. The topological polar surface area (TPSA) is 68.0 Å². The number of thiazole rings is 1. The maximum atomic E-state index is 11.8. The predicted molar refractivity (Wildman–Crippen MR) is 77.1 cm³/mol. The molecule has 0 aliphatic carbocycles. The van der Waals surface area contributed by atoms with Gasteiger partial charge in [-0.25, -0.2) is 4.98 Å². The molecule has 0 bridgehead atoms. The van der Waals surface area contributed by atoms with Gasteiger partial charge < -0.3 is 11.1 Å². The molecular weight excluding hydrogens is 266 g/mol. The molecule has 1 heterocycles. The predicted octanol–water partition coefficient (Wildman–Crippen LogP) is 2.63. The number of carbonyl (C=O) groups excluding carboxylic acids is 1. The maximum Gasteiger partial charge on any atom is 0.230 e. The van der Waals surface area contributed by atoms with Crippen LogP contribution >= 0.6 is 23.1 Å². The molecule has 0 fully saturated rings. The summed E-state index contributed by atoms with van der Waals surface area (Å²) >= 11 is 2.98. The Morgan fingerprint density at radius 3 is 3.06 bits per heavy atom.